The standard InChI is InChI=1S/C14H21N5O/c15-18-13-9-16-11(8-17-13)14(20)19-7-3-5-10-4-1-2-6-12(10)19/h8-10,12H,1-7,15H2,(H,17,18)/t10-,12-/m1/s1. The highest BCUT2D eigenvalue weighted by Gasteiger charge is 2.36. The second-order valence-electron chi connectivity index (χ2n) is 5.68. The van der Waals surface area contributed by atoms with E-state index in [1.54, 1.807) is 0 Å². The third kappa shape index (κ3) is 2.47. The normalized spacial score (nSPS) is 25.9. The molecule has 1 amide bonds. The summed E-state index contributed by atoms with van der Waals surface area (Å²) in [5, 5.41) is 0. The molecule has 1 aromatic rings. The van der Waals surface area contributed by atoms with E-state index in [1.165, 1.54) is 38.1 Å². The zero-order valence-corrected chi connectivity index (χ0v) is 11.6. The van der Waals surface area contributed by atoms with E-state index in [0.717, 1.165) is 19.4 Å². The number of nitrogen functional groups attached to an aromatic ring is 1. The number of rotatable bonds is 2. The van der Waals surface area contributed by atoms with Gasteiger partial charge in [0.1, 0.15) is 5.69 Å². The van der Waals surface area contributed by atoms with Gasteiger partial charge >= 0.3 is 0 Å². The van der Waals surface area contributed by atoms with E-state index in [9.17, 15) is 4.79 Å². The van der Waals surface area contributed by atoms with Crippen molar-refractivity contribution in [2.45, 2.75) is 44.6 Å². The number of nitrogens with two attached hydrogens (primary N) is 1. The van der Waals surface area contributed by atoms with Crippen LogP contribution in [-0.2, 0) is 0 Å². The molecule has 0 unspecified atom stereocenters. The maximum atomic E-state index is 12.6. The van der Waals surface area contributed by atoms with Gasteiger partial charge in [0.15, 0.2) is 5.82 Å². The van der Waals surface area contributed by atoms with Crippen molar-refractivity contribution in [2.75, 3.05) is 12.0 Å². The summed E-state index contributed by atoms with van der Waals surface area (Å²) in [6.45, 7) is 0.846. The molecule has 1 saturated heterocycles. The molecule has 1 aromatic heterocycles. The van der Waals surface area contributed by atoms with Gasteiger partial charge in [-0.1, -0.05) is 12.8 Å². The number of fused-ring (bicyclic) bond motifs is 1. The number of nitrogens with zero attached hydrogens (tertiary/aromatic N) is 3. The molecule has 1 aliphatic carbocycles. The lowest BCUT2D eigenvalue weighted by atomic mass is 9.78. The molecule has 2 aliphatic rings. The molecule has 3 rings (SSSR count). The number of aromatic nitrogens is 2. The summed E-state index contributed by atoms with van der Waals surface area (Å²) < 4.78 is 0. The van der Waals surface area contributed by atoms with Crippen LogP contribution in [0.2, 0.25) is 0 Å². The van der Waals surface area contributed by atoms with Crippen LogP contribution >= 0.6 is 0 Å². The Balaban J connectivity index is 1.77. The third-order valence-electron chi connectivity index (χ3n) is 4.52. The Kier molecular flexibility index (Phi) is 3.82. The van der Waals surface area contributed by atoms with Crippen LogP contribution in [0.25, 0.3) is 0 Å². The summed E-state index contributed by atoms with van der Waals surface area (Å²) in [7, 11) is 0. The molecular weight excluding hydrogens is 254 g/mol. The minimum atomic E-state index is 0.0117. The van der Waals surface area contributed by atoms with Gasteiger partial charge in [0, 0.05) is 12.6 Å². The Bertz CT molecular complexity index is 473. The van der Waals surface area contributed by atoms with Crippen LogP contribution in [0, 0.1) is 5.92 Å². The molecule has 1 saturated carbocycles. The van der Waals surface area contributed by atoms with Crippen molar-refractivity contribution in [3.8, 4) is 0 Å². The quantitative estimate of drug-likeness (QED) is 0.632. The van der Waals surface area contributed by atoms with Crippen molar-refractivity contribution in [1.29, 1.82) is 0 Å². The predicted molar refractivity (Wildman–Crippen MR) is 75.9 cm³/mol. The van der Waals surface area contributed by atoms with E-state index < -0.39 is 0 Å². The van der Waals surface area contributed by atoms with Gasteiger partial charge in [-0.3, -0.25) is 4.79 Å². The topological polar surface area (TPSA) is 84.1 Å². The fourth-order valence-corrected chi connectivity index (χ4v) is 3.54. The van der Waals surface area contributed by atoms with Crippen LogP contribution in [0.4, 0.5) is 5.82 Å². The molecule has 108 valence electrons. The van der Waals surface area contributed by atoms with Gasteiger partial charge in [0.2, 0.25) is 0 Å². The van der Waals surface area contributed by atoms with Crippen LogP contribution in [0.5, 0.6) is 0 Å². The number of nitrogens with one attached hydrogen (secondary N) is 1. The first-order valence-electron chi connectivity index (χ1n) is 7.39. The van der Waals surface area contributed by atoms with Crippen LogP contribution in [0.15, 0.2) is 12.4 Å². The number of anilines is 1. The van der Waals surface area contributed by atoms with E-state index in [1.807, 2.05) is 4.90 Å². The molecule has 6 nitrogen and oxygen atoms in total. The van der Waals surface area contributed by atoms with Crippen molar-refractivity contribution in [3.05, 3.63) is 18.1 Å². The molecule has 1 aliphatic heterocycles. The summed E-state index contributed by atoms with van der Waals surface area (Å²) >= 11 is 0. The van der Waals surface area contributed by atoms with Gasteiger partial charge in [0.25, 0.3) is 5.91 Å². The molecular formula is C14H21N5O. The van der Waals surface area contributed by atoms with Crippen molar-refractivity contribution in [2.24, 2.45) is 11.8 Å². The summed E-state index contributed by atoms with van der Waals surface area (Å²) in [4.78, 5) is 22.9. The molecule has 2 atom stereocenters. The zero-order chi connectivity index (χ0) is 13.9. The second-order valence-corrected chi connectivity index (χ2v) is 5.68. The van der Waals surface area contributed by atoms with Crippen molar-refractivity contribution in [1.82, 2.24) is 14.9 Å². The highest BCUT2D eigenvalue weighted by molar-refractivity contribution is 5.92. The summed E-state index contributed by atoms with van der Waals surface area (Å²) in [5.41, 5.74) is 2.83. The second kappa shape index (κ2) is 5.75. The van der Waals surface area contributed by atoms with E-state index in [2.05, 4.69) is 15.4 Å². The molecule has 2 heterocycles. The SMILES string of the molecule is NNc1cnc(C(=O)N2CCC[C@H]3CCCC[C@H]32)cn1. The zero-order valence-electron chi connectivity index (χ0n) is 11.6. The third-order valence-corrected chi connectivity index (χ3v) is 4.52. The fraction of sp³-hybridized carbons (Fsp3) is 0.643. The summed E-state index contributed by atoms with van der Waals surface area (Å²) in [6.07, 6.45) is 10.3. The van der Waals surface area contributed by atoms with Crippen molar-refractivity contribution >= 4 is 11.7 Å². The highest BCUT2D eigenvalue weighted by Crippen LogP contribution is 2.35. The number of hydrogen-bond donors (Lipinski definition) is 2. The molecule has 20 heavy (non-hydrogen) atoms. The average Bonchev–Trinajstić information content (AvgIpc) is 2.54. The monoisotopic (exact) mass is 275 g/mol. The molecule has 0 bridgehead atoms. The van der Waals surface area contributed by atoms with Crippen LogP contribution in [0.1, 0.15) is 49.0 Å². The molecule has 0 radical (unpaired) electrons. The van der Waals surface area contributed by atoms with Gasteiger partial charge in [-0.25, -0.2) is 15.8 Å². The summed E-state index contributed by atoms with van der Waals surface area (Å²) in [6, 6.07) is 0.402. The Labute approximate surface area is 118 Å². The number of hydrazine groups is 1. The predicted octanol–water partition coefficient (Wildman–Crippen LogP) is 1.56. The Morgan fingerprint density at radius 3 is 2.75 bits per heavy atom. The van der Waals surface area contributed by atoms with Gasteiger partial charge < -0.3 is 10.3 Å². The molecule has 6 heteroatoms. The Morgan fingerprint density at radius 1 is 1.20 bits per heavy atom. The number of likely N-dealkylation sites (tertiary alicyclic amines) is 1. The van der Waals surface area contributed by atoms with E-state index in [4.69, 9.17) is 5.84 Å². The minimum Gasteiger partial charge on any atom is -0.334 e. The van der Waals surface area contributed by atoms with E-state index in [0.29, 0.717) is 23.5 Å². The molecule has 3 N–H and O–H groups in total. The van der Waals surface area contributed by atoms with Crippen LogP contribution < -0.4 is 11.3 Å². The van der Waals surface area contributed by atoms with Gasteiger partial charge in [0.05, 0.1) is 12.4 Å². The maximum Gasteiger partial charge on any atom is 0.274 e. The first-order valence-corrected chi connectivity index (χ1v) is 7.39. The Morgan fingerprint density at radius 2 is 2.00 bits per heavy atom. The van der Waals surface area contributed by atoms with Crippen LogP contribution in [0.3, 0.4) is 0 Å². The fourth-order valence-electron chi connectivity index (χ4n) is 3.54. The van der Waals surface area contributed by atoms with Gasteiger partial charge in [-0.15, -0.1) is 0 Å². The number of piperidine rings is 1. The van der Waals surface area contributed by atoms with Crippen LogP contribution in [-0.4, -0.2) is 33.4 Å². The lowest BCUT2D eigenvalue weighted by molar-refractivity contribution is 0.0385. The highest BCUT2D eigenvalue weighted by atomic mass is 16.2. The molecule has 0 aromatic carbocycles. The molecule has 2 fully saturated rings. The molecule has 0 spiro atoms. The van der Waals surface area contributed by atoms with E-state index in [-0.39, 0.29) is 5.91 Å². The average molecular weight is 275 g/mol. The lowest BCUT2D eigenvalue weighted by Gasteiger charge is -2.43. The smallest absolute Gasteiger partial charge is 0.274 e. The summed E-state index contributed by atoms with van der Waals surface area (Å²) in [5.74, 6) is 6.42. The first kappa shape index (κ1) is 13.3. The van der Waals surface area contributed by atoms with Crippen molar-refractivity contribution < 1.29 is 4.79 Å². The van der Waals surface area contributed by atoms with Gasteiger partial charge in [-0.2, -0.15) is 0 Å². The minimum absolute atomic E-state index is 0.0117. The first-order chi connectivity index (χ1) is 9.79. The van der Waals surface area contributed by atoms with Crippen molar-refractivity contribution in [3.63, 3.8) is 0 Å². The lowest BCUT2D eigenvalue weighted by Crippen LogP contribution is -2.49. The Hall–Kier alpha value is -1.69. The maximum absolute atomic E-state index is 12.6. The van der Waals surface area contributed by atoms with E-state index >= 15 is 0 Å². The number of hydrogen-bond acceptors (Lipinski definition) is 5. The van der Waals surface area contributed by atoms with Gasteiger partial charge in [-0.05, 0) is 31.6 Å². The number of carbonyl (C=O) groups excluding carboxylic acids is 1. The number of carbonyl (C=O) groups is 1. The number of amides is 1. The largest absolute Gasteiger partial charge is 0.334 e.